The summed E-state index contributed by atoms with van der Waals surface area (Å²) in [6.07, 6.45) is 0. The van der Waals surface area contributed by atoms with Crippen molar-refractivity contribution in [2.24, 2.45) is 0 Å². The van der Waals surface area contributed by atoms with Crippen molar-refractivity contribution in [1.29, 1.82) is 0 Å². The van der Waals surface area contributed by atoms with Crippen molar-refractivity contribution >= 4 is 44.6 Å². The SMILES string of the molecule is Cc1cc(S(=O)(=O)N(CC(=O)O)c2ccccc2)sc1Cl. The van der Waals surface area contributed by atoms with Crippen LogP contribution in [0.25, 0.3) is 0 Å². The van der Waals surface area contributed by atoms with Crippen molar-refractivity contribution in [3.63, 3.8) is 0 Å². The molecule has 0 aliphatic carbocycles. The zero-order chi connectivity index (χ0) is 15.6. The maximum Gasteiger partial charge on any atom is 0.324 e. The molecule has 0 saturated heterocycles. The fraction of sp³-hybridized carbons (Fsp3) is 0.154. The number of rotatable bonds is 5. The molecule has 1 aromatic heterocycles. The van der Waals surface area contributed by atoms with Crippen LogP contribution < -0.4 is 4.31 Å². The van der Waals surface area contributed by atoms with Crippen LogP contribution in [0.4, 0.5) is 5.69 Å². The lowest BCUT2D eigenvalue weighted by Crippen LogP contribution is -2.35. The minimum absolute atomic E-state index is 0.0232. The number of carboxylic acids is 1. The quantitative estimate of drug-likeness (QED) is 0.904. The lowest BCUT2D eigenvalue weighted by molar-refractivity contribution is -0.135. The van der Waals surface area contributed by atoms with Crippen LogP contribution in [0.2, 0.25) is 4.34 Å². The maximum absolute atomic E-state index is 12.6. The van der Waals surface area contributed by atoms with Crippen LogP contribution in [-0.2, 0) is 14.8 Å². The molecule has 5 nitrogen and oxygen atoms in total. The molecule has 21 heavy (non-hydrogen) atoms. The monoisotopic (exact) mass is 345 g/mol. The summed E-state index contributed by atoms with van der Waals surface area (Å²) in [5, 5.41) is 8.99. The number of aliphatic carboxylic acids is 1. The van der Waals surface area contributed by atoms with Gasteiger partial charge in [0.05, 0.1) is 10.0 Å². The van der Waals surface area contributed by atoms with E-state index in [-0.39, 0.29) is 4.21 Å². The van der Waals surface area contributed by atoms with Gasteiger partial charge in [0.1, 0.15) is 10.8 Å². The Bertz CT molecular complexity index is 736. The van der Waals surface area contributed by atoms with Gasteiger partial charge in [0.2, 0.25) is 0 Å². The third kappa shape index (κ3) is 3.37. The first-order valence-electron chi connectivity index (χ1n) is 5.88. The predicted octanol–water partition coefficient (Wildman–Crippen LogP) is 2.99. The van der Waals surface area contributed by atoms with Gasteiger partial charge in [-0.1, -0.05) is 29.8 Å². The van der Waals surface area contributed by atoms with Crippen molar-refractivity contribution in [3.05, 3.63) is 46.3 Å². The second-order valence-electron chi connectivity index (χ2n) is 4.26. The average molecular weight is 346 g/mol. The van der Waals surface area contributed by atoms with Crippen LogP contribution in [0.5, 0.6) is 0 Å². The average Bonchev–Trinajstić information content (AvgIpc) is 2.77. The highest BCUT2D eigenvalue weighted by Gasteiger charge is 2.29. The van der Waals surface area contributed by atoms with Gasteiger partial charge in [0, 0.05) is 0 Å². The largest absolute Gasteiger partial charge is 0.480 e. The molecule has 8 heteroatoms. The highest BCUT2D eigenvalue weighted by molar-refractivity contribution is 7.94. The van der Waals surface area contributed by atoms with E-state index in [1.807, 2.05) is 0 Å². The molecule has 0 saturated carbocycles. The molecular formula is C13H12ClNO4S2. The number of hydrogen-bond acceptors (Lipinski definition) is 4. The van der Waals surface area contributed by atoms with Crippen molar-refractivity contribution in [2.75, 3.05) is 10.8 Å². The summed E-state index contributed by atoms with van der Waals surface area (Å²) >= 11 is 6.83. The summed E-state index contributed by atoms with van der Waals surface area (Å²) in [7, 11) is -3.96. The van der Waals surface area contributed by atoms with Gasteiger partial charge in [-0.2, -0.15) is 0 Å². The van der Waals surface area contributed by atoms with Crippen LogP contribution in [0.3, 0.4) is 0 Å². The Kier molecular flexibility index (Phi) is 4.55. The second kappa shape index (κ2) is 6.05. The molecular weight excluding hydrogens is 334 g/mol. The van der Waals surface area contributed by atoms with E-state index in [1.165, 1.54) is 6.07 Å². The zero-order valence-corrected chi connectivity index (χ0v) is 13.4. The number of halogens is 1. The van der Waals surface area contributed by atoms with Crippen LogP contribution >= 0.6 is 22.9 Å². The molecule has 0 fully saturated rings. The van der Waals surface area contributed by atoms with Crippen LogP contribution in [-0.4, -0.2) is 26.0 Å². The molecule has 1 N–H and O–H groups in total. The Labute approximate surface area is 131 Å². The molecule has 0 aliphatic heterocycles. The first kappa shape index (κ1) is 15.8. The first-order valence-corrected chi connectivity index (χ1v) is 8.51. The summed E-state index contributed by atoms with van der Waals surface area (Å²) in [4.78, 5) is 11.0. The van der Waals surface area contributed by atoms with Crippen molar-refractivity contribution in [2.45, 2.75) is 11.1 Å². The molecule has 0 atom stereocenters. The number of aryl methyl sites for hydroxylation is 1. The molecule has 2 aromatic rings. The van der Waals surface area contributed by atoms with E-state index in [0.717, 1.165) is 15.6 Å². The summed E-state index contributed by atoms with van der Waals surface area (Å²) in [6.45, 7) is 1.04. The van der Waals surface area contributed by atoms with Crippen molar-refractivity contribution < 1.29 is 18.3 Å². The minimum atomic E-state index is -3.96. The molecule has 0 radical (unpaired) electrons. The molecule has 0 unspecified atom stereocenters. The Morgan fingerprint density at radius 1 is 1.33 bits per heavy atom. The topological polar surface area (TPSA) is 74.7 Å². The van der Waals surface area contributed by atoms with Crippen molar-refractivity contribution in [1.82, 2.24) is 0 Å². The zero-order valence-electron chi connectivity index (χ0n) is 11.0. The van der Waals surface area contributed by atoms with Crippen LogP contribution in [0.15, 0.2) is 40.6 Å². The number of para-hydroxylation sites is 1. The standard InChI is InChI=1S/C13H12ClNO4S2/c1-9-7-12(20-13(9)14)21(18,19)15(8-11(16)17)10-5-3-2-4-6-10/h2-7H,8H2,1H3,(H,16,17). The van der Waals surface area contributed by atoms with Crippen LogP contribution in [0, 0.1) is 6.92 Å². The summed E-state index contributed by atoms with van der Waals surface area (Å²) in [6, 6.07) is 9.55. The van der Waals surface area contributed by atoms with Gasteiger partial charge in [-0.05, 0) is 30.7 Å². The van der Waals surface area contributed by atoms with E-state index in [9.17, 15) is 13.2 Å². The third-order valence-electron chi connectivity index (χ3n) is 2.70. The Morgan fingerprint density at radius 3 is 2.43 bits per heavy atom. The molecule has 2 rings (SSSR count). The lowest BCUT2D eigenvalue weighted by Gasteiger charge is -2.21. The molecule has 112 valence electrons. The minimum Gasteiger partial charge on any atom is -0.480 e. The highest BCUT2D eigenvalue weighted by atomic mass is 35.5. The summed E-state index contributed by atoms with van der Waals surface area (Å²) in [5.74, 6) is -1.23. The van der Waals surface area contributed by atoms with E-state index < -0.39 is 22.5 Å². The Morgan fingerprint density at radius 2 is 1.95 bits per heavy atom. The number of nitrogens with zero attached hydrogens (tertiary/aromatic N) is 1. The highest BCUT2D eigenvalue weighted by Crippen LogP contribution is 2.33. The molecule has 0 spiro atoms. The van der Waals surface area contributed by atoms with E-state index >= 15 is 0 Å². The molecule has 1 aromatic carbocycles. The fourth-order valence-electron chi connectivity index (χ4n) is 1.70. The first-order chi connectivity index (χ1) is 9.82. The van der Waals surface area contributed by atoms with Gasteiger partial charge in [-0.15, -0.1) is 11.3 Å². The molecule has 1 heterocycles. The fourth-order valence-corrected chi connectivity index (χ4v) is 4.94. The number of benzene rings is 1. The smallest absolute Gasteiger partial charge is 0.324 e. The Balaban J connectivity index is 2.52. The lowest BCUT2D eigenvalue weighted by atomic mass is 10.3. The van der Waals surface area contributed by atoms with Gasteiger partial charge < -0.3 is 5.11 Å². The molecule has 0 aliphatic rings. The summed E-state index contributed by atoms with van der Waals surface area (Å²) < 4.78 is 26.5. The number of carboxylic acid groups (broad SMARTS) is 1. The van der Waals surface area contributed by atoms with Gasteiger partial charge in [-0.25, -0.2) is 8.42 Å². The van der Waals surface area contributed by atoms with Crippen molar-refractivity contribution in [3.8, 4) is 0 Å². The van der Waals surface area contributed by atoms with Gasteiger partial charge in [-0.3, -0.25) is 9.10 Å². The number of thiophene rings is 1. The summed E-state index contributed by atoms with van der Waals surface area (Å²) in [5.41, 5.74) is 0.936. The normalized spacial score (nSPS) is 11.3. The van der Waals surface area contributed by atoms with E-state index in [2.05, 4.69) is 0 Å². The number of anilines is 1. The van der Waals surface area contributed by atoms with Crippen LogP contribution in [0.1, 0.15) is 5.56 Å². The third-order valence-corrected chi connectivity index (χ3v) is 6.48. The second-order valence-corrected chi connectivity index (χ2v) is 8.01. The van der Waals surface area contributed by atoms with E-state index in [0.29, 0.717) is 15.6 Å². The number of sulfonamides is 1. The van der Waals surface area contributed by atoms with Gasteiger partial charge in [0.25, 0.3) is 10.0 Å². The maximum atomic E-state index is 12.6. The molecule has 0 amide bonds. The van der Waals surface area contributed by atoms with E-state index in [4.69, 9.17) is 16.7 Å². The van der Waals surface area contributed by atoms with E-state index in [1.54, 1.807) is 37.3 Å². The van der Waals surface area contributed by atoms with Gasteiger partial charge >= 0.3 is 5.97 Å². The number of carbonyl (C=O) groups is 1. The Hall–Kier alpha value is -1.57. The number of hydrogen-bond donors (Lipinski definition) is 1. The predicted molar refractivity (Wildman–Crippen MR) is 82.7 cm³/mol. The van der Waals surface area contributed by atoms with Gasteiger partial charge in [0.15, 0.2) is 0 Å². The molecule has 0 bridgehead atoms.